The Morgan fingerprint density at radius 3 is 2.50 bits per heavy atom. The maximum absolute atomic E-state index is 12.9. The maximum atomic E-state index is 12.9. The smallest absolute Gasteiger partial charge is 0.243 e. The molecule has 0 aromatic heterocycles. The molecule has 0 spiro atoms. The maximum Gasteiger partial charge on any atom is 0.243 e. The number of sulfonamides is 1. The molecule has 2 heterocycles. The van der Waals surface area contributed by atoms with Crippen molar-refractivity contribution < 1.29 is 13.2 Å². The predicted octanol–water partition coefficient (Wildman–Crippen LogP) is 4.84. The highest BCUT2D eigenvalue weighted by molar-refractivity contribution is 7.89. The molecule has 3 atom stereocenters. The lowest BCUT2D eigenvalue weighted by Gasteiger charge is -2.38. The Kier molecular flexibility index (Phi) is 5.32. The van der Waals surface area contributed by atoms with Gasteiger partial charge in [0.25, 0.3) is 0 Å². The molecule has 158 valence electrons. The summed E-state index contributed by atoms with van der Waals surface area (Å²) >= 11 is 12.8. The number of anilines is 1. The molecule has 5 rings (SSSR count). The average Bonchev–Trinajstić information content (AvgIpc) is 3.27. The third-order valence-electron chi connectivity index (χ3n) is 6.27. The van der Waals surface area contributed by atoms with Crippen LogP contribution in [0, 0.1) is 5.92 Å². The largest absolute Gasteiger partial charge is 0.379 e. The van der Waals surface area contributed by atoms with Gasteiger partial charge < -0.3 is 10.1 Å². The van der Waals surface area contributed by atoms with Gasteiger partial charge in [0.05, 0.1) is 39.9 Å². The first kappa shape index (κ1) is 20.3. The first-order valence-corrected chi connectivity index (χ1v) is 12.3. The van der Waals surface area contributed by atoms with Gasteiger partial charge in [-0.2, -0.15) is 4.31 Å². The van der Waals surface area contributed by atoms with E-state index in [4.69, 9.17) is 27.9 Å². The fourth-order valence-electron chi connectivity index (χ4n) is 4.72. The molecule has 2 aliphatic heterocycles. The predicted molar refractivity (Wildman–Crippen MR) is 119 cm³/mol. The van der Waals surface area contributed by atoms with E-state index in [1.54, 1.807) is 12.1 Å². The van der Waals surface area contributed by atoms with Crippen LogP contribution in [0.3, 0.4) is 0 Å². The Bertz CT molecular complexity index is 1100. The van der Waals surface area contributed by atoms with Crippen molar-refractivity contribution in [3.63, 3.8) is 0 Å². The number of fused-ring (bicyclic) bond motifs is 3. The Labute approximate surface area is 186 Å². The molecule has 3 aliphatic rings. The van der Waals surface area contributed by atoms with Crippen molar-refractivity contribution in [2.45, 2.75) is 23.3 Å². The summed E-state index contributed by atoms with van der Waals surface area (Å²) < 4.78 is 32.6. The van der Waals surface area contributed by atoms with Crippen LogP contribution in [0.1, 0.15) is 29.5 Å². The van der Waals surface area contributed by atoms with E-state index in [1.165, 1.54) is 4.31 Å². The number of morpholine rings is 1. The summed E-state index contributed by atoms with van der Waals surface area (Å²) in [6.45, 7) is 1.64. The molecule has 0 unspecified atom stereocenters. The monoisotopic (exact) mass is 464 g/mol. The number of rotatable bonds is 3. The van der Waals surface area contributed by atoms with E-state index in [0.29, 0.717) is 47.2 Å². The number of hydrogen-bond donors (Lipinski definition) is 1. The van der Waals surface area contributed by atoms with Crippen LogP contribution in [0.5, 0.6) is 0 Å². The SMILES string of the molecule is O=S(=O)(c1ccc([C@@H]2Nc3c(ccc(Cl)c3Cl)[C@@H]3C=CC[C@@H]32)cc1)N1CCOCC1. The zero-order chi connectivity index (χ0) is 20.9. The summed E-state index contributed by atoms with van der Waals surface area (Å²) in [6.07, 6.45) is 5.40. The number of benzene rings is 2. The summed E-state index contributed by atoms with van der Waals surface area (Å²) in [5.74, 6) is 0.606. The Hall–Kier alpha value is -1.57. The normalized spacial score (nSPS) is 26.1. The molecule has 5 nitrogen and oxygen atoms in total. The summed E-state index contributed by atoms with van der Waals surface area (Å²) in [5, 5.41) is 4.64. The molecule has 1 N–H and O–H groups in total. The van der Waals surface area contributed by atoms with Gasteiger partial charge in [0.2, 0.25) is 10.0 Å². The molecule has 8 heteroatoms. The van der Waals surface area contributed by atoms with Crippen LogP contribution < -0.4 is 5.32 Å². The van der Waals surface area contributed by atoms with Crippen LogP contribution in [0.2, 0.25) is 10.0 Å². The van der Waals surface area contributed by atoms with E-state index in [1.807, 2.05) is 24.3 Å². The molecule has 1 saturated heterocycles. The van der Waals surface area contributed by atoms with Crippen LogP contribution in [0.4, 0.5) is 5.69 Å². The van der Waals surface area contributed by atoms with Crippen LogP contribution >= 0.6 is 23.2 Å². The van der Waals surface area contributed by atoms with Crippen LogP contribution in [0.25, 0.3) is 0 Å². The molecule has 0 saturated carbocycles. The summed E-state index contributed by atoms with van der Waals surface area (Å²) in [5.41, 5.74) is 3.06. The third-order valence-corrected chi connectivity index (χ3v) is 8.99. The summed E-state index contributed by atoms with van der Waals surface area (Å²) in [7, 11) is -3.51. The number of nitrogens with one attached hydrogen (secondary N) is 1. The number of nitrogens with zero attached hydrogens (tertiary/aromatic N) is 1. The minimum atomic E-state index is -3.51. The number of hydrogen-bond acceptors (Lipinski definition) is 4. The molecule has 0 bridgehead atoms. The van der Waals surface area contributed by atoms with E-state index in [-0.39, 0.29) is 12.0 Å². The highest BCUT2D eigenvalue weighted by atomic mass is 35.5. The minimum absolute atomic E-state index is 0.0219. The van der Waals surface area contributed by atoms with Gasteiger partial charge in [-0.25, -0.2) is 8.42 Å². The van der Waals surface area contributed by atoms with Gasteiger partial charge in [0.15, 0.2) is 0 Å². The Morgan fingerprint density at radius 2 is 1.77 bits per heavy atom. The van der Waals surface area contributed by atoms with Gasteiger partial charge in [-0.15, -0.1) is 0 Å². The lowest BCUT2D eigenvalue weighted by Crippen LogP contribution is -2.40. The van der Waals surface area contributed by atoms with E-state index >= 15 is 0 Å². The lowest BCUT2D eigenvalue weighted by atomic mass is 9.77. The van der Waals surface area contributed by atoms with Gasteiger partial charge >= 0.3 is 0 Å². The molecule has 1 fully saturated rings. The molecule has 30 heavy (non-hydrogen) atoms. The quantitative estimate of drug-likeness (QED) is 0.660. The first-order chi connectivity index (χ1) is 14.5. The van der Waals surface area contributed by atoms with Crippen molar-refractivity contribution in [1.29, 1.82) is 0 Å². The van der Waals surface area contributed by atoms with E-state index in [9.17, 15) is 8.42 Å². The highest BCUT2D eigenvalue weighted by Gasteiger charge is 2.39. The van der Waals surface area contributed by atoms with Crippen LogP contribution in [0.15, 0.2) is 53.4 Å². The first-order valence-electron chi connectivity index (χ1n) is 10.1. The molecule has 1 aliphatic carbocycles. The lowest BCUT2D eigenvalue weighted by molar-refractivity contribution is 0.0730. The molecule has 0 amide bonds. The Balaban J connectivity index is 1.46. The van der Waals surface area contributed by atoms with E-state index < -0.39 is 10.0 Å². The third kappa shape index (κ3) is 3.35. The van der Waals surface area contributed by atoms with Crippen LogP contribution in [-0.4, -0.2) is 39.0 Å². The number of halogens is 2. The van der Waals surface area contributed by atoms with Crippen molar-refractivity contribution in [2.24, 2.45) is 5.92 Å². The zero-order valence-electron chi connectivity index (χ0n) is 16.2. The molecule has 2 aromatic carbocycles. The van der Waals surface area contributed by atoms with Gasteiger partial charge in [0, 0.05) is 19.0 Å². The zero-order valence-corrected chi connectivity index (χ0v) is 18.6. The summed E-state index contributed by atoms with van der Waals surface area (Å²) in [6, 6.07) is 11.1. The fourth-order valence-corrected chi connectivity index (χ4v) is 6.51. The van der Waals surface area contributed by atoms with Gasteiger partial charge in [-0.05, 0) is 41.7 Å². The topological polar surface area (TPSA) is 58.6 Å². The standard InChI is InChI=1S/C22H22Cl2N2O3S/c23-19-9-8-18-16-2-1-3-17(16)21(25-22(18)20(19)24)14-4-6-15(7-5-14)30(27,28)26-10-12-29-13-11-26/h1-2,4-9,16-17,21,25H,3,10-13H2/t16-,17+,21+/m1/s1. The molecular weight excluding hydrogens is 443 g/mol. The van der Waals surface area contributed by atoms with E-state index in [2.05, 4.69) is 17.5 Å². The van der Waals surface area contributed by atoms with Crippen molar-refractivity contribution in [1.82, 2.24) is 4.31 Å². The van der Waals surface area contributed by atoms with Crippen molar-refractivity contribution in [2.75, 3.05) is 31.6 Å². The second-order valence-corrected chi connectivity index (χ2v) is 10.6. The molecular formula is C22H22Cl2N2O3S. The summed E-state index contributed by atoms with van der Waals surface area (Å²) in [4.78, 5) is 0.312. The van der Waals surface area contributed by atoms with Crippen molar-refractivity contribution in [3.8, 4) is 0 Å². The highest BCUT2D eigenvalue weighted by Crippen LogP contribution is 2.52. The van der Waals surface area contributed by atoms with Crippen LogP contribution in [-0.2, 0) is 14.8 Å². The fraction of sp³-hybridized carbons (Fsp3) is 0.364. The Morgan fingerprint density at radius 1 is 1.03 bits per heavy atom. The second kappa shape index (κ2) is 7.84. The van der Waals surface area contributed by atoms with E-state index in [0.717, 1.165) is 23.2 Å². The van der Waals surface area contributed by atoms with Gasteiger partial charge in [0.1, 0.15) is 0 Å². The molecule has 0 radical (unpaired) electrons. The number of allylic oxidation sites excluding steroid dienone is 2. The van der Waals surface area contributed by atoms with Crippen molar-refractivity contribution in [3.05, 3.63) is 69.7 Å². The number of ether oxygens (including phenoxy) is 1. The molecule has 2 aromatic rings. The van der Waals surface area contributed by atoms with Gasteiger partial charge in [-0.1, -0.05) is 53.6 Å². The average molecular weight is 465 g/mol. The van der Waals surface area contributed by atoms with Crippen molar-refractivity contribution >= 4 is 38.9 Å². The van der Waals surface area contributed by atoms with Gasteiger partial charge in [-0.3, -0.25) is 0 Å². The second-order valence-electron chi connectivity index (χ2n) is 7.89. The minimum Gasteiger partial charge on any atom is -0.379 e.